The van der Waals surface area contributed by atoms with Crippen LogP contribution >= 0.6 is 0 Å². The second-order valence-corrected chi connectivity index (χ2v) is 14.8. The van der Waals surface area contributed by atoms with Crippen molar-refractivity contribution in [3.05, 3.63) is 203 Å². The largest absolute Gasteiger partial charge is 0.313 e. The van der Waals surface area contributed by atoms with Crippen LogP contribution in [0.1, 0.15) is 53.1 Å². The fraction of sp³-hybridized carbons (Fsp3) is 0.0980. The molecule has 246 valence electrons. The predicted molar refractivity (Wildman–Crippen MR) is 218 cm³/mol. The van der Waals surface area contributed by atoms with Gasteiger partial charge in [0.05, 0.1) is 16.4 Å². The molecule has 52 heavy (non-hydrogen) atoms. The lowest BCUT2D eigenvalue weighted by molar-refractivity contribution is 0.794. The highest BCUT2D eigenvalue weighted by Gasteiger charge is 2.51. The fourth-order valence-electron chi connectivity index (χ4n) is 10.0. The maximum atomic E-state index is 2.50. The number of allylic oxidation sites excluding steroid dienone is 4. The lowest BCUT2D eigenvalue weighted by Crippen LogP contribution is -2.25. The highest BCUT2D eigenvalue weighted by Crippen LogP contribution is 2.64. The molecule has 3 aliphatic rings. The van der Waals surface area contributed by atoms with E-state index in [0.29, 0.717) is 0 Å². The van der Waals surface area contributed by atoms with Gasteiger partial charge in [-0.25, -0.2) is 0 Å². The summed E-state index contributed by atoms with van der Waals surface area (Å²) in [4.78, 5) is 0. The van der Waals surface area contributed by atoms with E-state index < -0.39 is 0 Å². The molecule has 7 aromatic carbocycles. The van der Waals surface area contributed by atoms with Crippen LogP contribution in [0, 0.1) is 6.92 Å². The molecule has 0 bridgehead atoms. The molecule has 1 heteroatoms. The third kappa shape index (κ3) is 3.83. The molecule has 0 fully saturated rings. The minimum absolute atomic E-state index is 0.331. The molecule has 0 saturated heterocycles. The first-order valence-corrected chi connectivity index (χ1v) is 18.6. The Morgan fingerprint density at radius 1 is 0.462 bits per heavy atom. The van der Waals surface area contributed by atoms with Crippen LogP contribution in [0.25, 0.3) is 66.5 Å². The van der Waals surface area contributed by atoms with Gasteiger partial charge in [-0.1, -0.05) is 151 Å². The van der Waals surface area contributed by atoms with Crippen LogP contribution in [-0.2, 0) is 5.41 Å². The number of para-hydroxylation sites is 2. The van der Waals surface area contributed by atoms with Gasteiger partial charge in [0, 0.05) is 16.5 Å². The lowest BCUT2D eigenvalue weighted by Gasteiger charge is -2.30. The van der Waals surface area contributed by atoms with Crippen molar-refractivity contribution in [2.24, 2.45) is 0 Å². The molecule has 1 spiro atoms. The molecular weight excluding hydrogens is 627 g/mol. The van der Waals surface area contributed by atoms with Crippen molar-refractivity contribution in [2.45, 2.75) is 32.1 Å². The molecule has 1 aromatic heterocycles. The van der Waals surface area contributed by atoms with E-state index in [-0.39, 0.29) is 5.41 Å². The number of benzene rings is 7. The van der Waals surface area contributed by atoms with Crippen LogP contribution in [0.4, 0.5) is 0 Å². The summed E-state index contributed by atoms with van der Waals surface area (Å²) in [7, 11) is 0. The van der Waals surface area contributed by atoms with Crippen LogP contribution in [0.5, 0.6) is 0 Å². The first kappa shape index (κ1) is 29.5. The Kier molecular flexibility index (Phi) is 6.20. The van der Waals surface area contributed by atoms with Crippen molar-refractivity contribution in [3.8, 4) is 33.4 Å². The van der Waals surface area contributed by atoms with E-state index in [4.69, 9.17) is 0 Å². The first-order valence-electron chi connectivity index (χ1n) is 18.6. The van der Waals surface area contributed by atoms with E-state index in [9.17, 15) is 0 Å². The Balaban J connectivity index is 1.07. The van der Waals surface area contributed by atoms with Crippen molar-refractivity contribution < 1.29 is 0 Å². The van der Waals surface area contributed by atoms with E-state index in [1.807, 2.05) is 0 Å². The van der Waals surface area contributed by atoms with Gasteiger partial charge in [0.15, 0.2) is 0 Å². The summed E-state index contributed by atoms with van der Waals surface area (Å²) in [5.41, 5.74) is 22.5. The number of aryl methyl sites for hydroxylation is 1. The number of aromatic nitrogens is 1. The third-order valence-electron chi connectivity index (χ3n) is 12.2. The molecule has 0 saturated carbocycles. The second kappa shape index (κ2) is 10.9. The molecule has 3 aliphatic carbocycles. The summed E-state index contributed by atoms with van der Waals surface area (Å²) in [6.07, 6.45) is 4.55. The predicted octanol–water partition coefficient (Wildman–Crippen LogP) is 13.2. The molecule has 0 N–H and O–H groups in total. The van der Waals surface area contributed by atoms with Gasteiger partial charge in [-0.3, -0.25) is 0 Å². The van der Waals surface area contributed by atoms with E-state index in [1.165, 1.54) is 105 Å². The zero-order chi connectivity index (χ0) is 34.6. The minimum Gasteiger partial charge on any atom is -0.313 e. The normalized spacial score (nSPS) is 15.2. The van der Waals surface area contributed by atoms with Crippen molar-refractivity contribution in [3.63, 3.8) is 0 Å². The number of fused-ring (bicyclic) bond motifs is 13. The van der Waals surface area contributed by atoms with Gasteiger partial charge in [0.2, 0.25) is 0 Å². The van der Waals surface area contributed by atoms with E-state index in [1.54, 1.807) is 0 Å². The van der Waals surface area contributed by atoms with E-state index in [0.717, 1.165) is 12.8 Å². The maximum absolute atomic E-state index is 2.50. The average molecular weight is 664 g/mol. The Bertz CT molecular complexity index is 2770. The van der Waals surface area contributed by atoms with Crippen LogP contribution in [0.2, 0.25) is 0 Å². The van der Waals surface area contributed by atoms with Gasteiger partial charge in [-0.15, -0.1) is 0 Å². The summed E-state index contributed by atoms with van der Waals surface area (Å²) in [6.45, 7) is 4.61. The number of rotatable bonds is 3. The SMILES string of the molecule is CC1=C(c2ccc(-c3cccc4c3-c3ccccc3C43c4ccccc4-c4ccccc43)cc2C)C=C(n2c3ccccc3c3ccccc32)CC1. The molecular formula is C51H37N. The van der Waals surface area contributed by atoms with Crippen LogP contribution < -0.4 is 0 Å². The molecule has 0 aliphatic heterocycles. The van der Waals surface area contributed by atoms with Crippen molar-refractivity contribution in [1.29, 1.82) is 0 Å². The molecule has 0 amide bonds. The smallest absolute Gasteiger partial charge is 0.0725 e. The number of nitrogens with zero attached hydrogens (tertiary/aromatic N) is 1. The number of hydrogen-bond donors (Lipinski definition) is 0. The highest BCUT2D eigenvalue weighted by molar-refractivity contribution is 6.10. The quantitative estimate of drug-likeness (QED) is 0.177. The zero-order valence-corrected chi connectivity index (χ0v) is 29.4. The highest BCUT2D eigenvalue weighted by atomic mass is 15.0. The summed E-state index contributed by atoms with van der Waals surface area (Å²) in [5, 5.41) is 2.63. The molecule has 1 nitrogen and oxygen atoms in total. The van der Waals surface area contributed by atoms with Crippen LogP contribution in [-0.4, -0.2) is 4.57 Å². The molecule has 11 rings (SSSR count). The van der Waals surface area contributed by atoms with Crippen LogP contribution in [0.15, 0.2) is 169 Å². The summed E-state index contributed by atoms with van der Waals surface area (Å²) >= 11 is 0. The first-order chi connectivity index (χ1) is 25.6. The Morgan fingerprint density at radius 3 is 1.65 bits per heavy atom. The molecule has 0 radical (unpaired) electrons. The van der Waals surface area contributed by atoms with Gasteiger partial charge in [-0.05, 0) is 117 Å². The monoisotopic (exact) mass is 663 g/mol. The Hall–Kier alpha value is -6.18. The number of hydrogen-bond acceptors (Lipinski definition) is 0. The van der Waals surface area contributed by atoms with Gasteiger partial charge < -0.3 is 4.57 Å². The summed E-state index contributed by atoms with van der Waals surface area (Å²) < 4.78 is 2.50. The summed E-state index contributed by atoms with van der Waals surface area (Å²) in [6, 6.07) is 59.1. The Morgan fingerprint density at radius 2 is 1.00 bits per heavy atom. The second-order valence-electron chi connectivity index (χ2n) is 14.8. The lowest BCUT2D eigenvalue weighted by atomic mass is 9.70. The van der Waals surface area contributed by atoms with Crippen molar-refractivity contribution in [1.82, 2.24) is 4.57 Å². The van der Waals surface area contributed by atoms with E-state index >= 15 is 0 Å². The summed E-state index contributed by atoms with van der Waals surface area (Å²) in [5.74, 6) is 0. The maximum Gasteiger partial charge on any atom is 0.0725 e. The Labute approximate surface area is 304 Å². The molecule has 1 heterocycles. The van der Waals surface area contributed by atoms with Crippen molar-refractivity contribution >= 4 is 33.1 Å². The standard InChI is InChI=1S/C51H37N/c1-32-26-28-35(52-48-24-11-6-16-40(48)41-17-7-12-25-49(41)52)31-43(32)36-29-27-34(30-33(36)2)37-19-13-23-47-50(37)42-18-5-10-22-46(42)51(47)44-20-8-3-14-38(44)39-15-4-9-21-45(39)51/h3-25,27,29-31H,26,28H2,1-2H3. The molecule has 0 unspecified atom stereocenters. The van der Waals surface area contributed by atoms with Crippen LogP contribution in [0.3, 0.4) is 0 Å². The van der Waals surface area contributed by atoms with Gasteiger partial charge in [0.25, 0.3) is 0 Å². The average Bonchev–Trinajstić information content (AvgIpc) is 3.80. The molecule has 8 aromatic rings. The minimum atomic E-state index is -0.331. The van der Waals surface area contributed by atoms with Gasteiger partial charge >= 0.3 is 0 Å². The van der Waals surface area contributed by atoms with Crippen molar-refractivity contribution in [2.75, 3.05) is 0 Å². The fourth-order valence-corrected chi connectivity index (χ4v) is 10.0. The zero-order valence-electron chi connectivity index (χ0n) is 29.4. The van der Waals surface area contributed by atoms with Gasteiger partial charge in [0.1, 0.15) is 0 Å². The topological polar surface area (TPSA) is 4.93 Å². The van der Waals surface area contributed by atoms with Gasteiger partial charge in [-0.2, -0.15) is 0 Å². The molecule has 0 atom stereocenters. The third-order valence-corrected chi connectivity index (χ3v) is 12.2. The van der Waals surface area contributed by atoms with E-state index in [2.05, 4.69) is 182 Å².